The van der Waals surface area contributed by atoms with Gasteiger partial charge in [0.2, 0.25) is 0 Å². The van der Waals surface area contributed by atoms with Crippen molar-refractivity contribution in [3.8, 4) is 22.5 Å². The number of hydrogen-bond donors (Lipinski definition) is 1. The highest BCUT2D eigenvalue weighted by molar-refractivity contribution is 5.86. The quantitative estimate of drug-likeness (QED) is 0.266. The molecule has 0 saturated carbocycles. The molecule has 0 radical (unpaired) electrons. The zero-order chi connectivity index (χ0) is 24.7. The maximum Gasteiger partial charge on any atom is 0.169 e. The number of rotatable bonds is 5. The van der Waals surface area contributed by atoms with Crippen LogP contribution in [-0.2, 0) is 0 Å². The van der Waals surface area contributed by atoms with Gasteiger partial charge in [-0.15, -0.1) is 0 Å². The Kier molecular flexibility index (Phi) is 5.61. The van der Waals surface area contributed by atoms with Crippen LogP contribution < -0.4 is 5.32 Å². The van der Waals surface area contributed by atoms with Gasteiger partial charge in [-0.1, -0.05) is 30.8 Å². The van der Waals surface area contributed by atoms with Gasteiger partial charge >= 0.3 is 0 Å². The number of nitrogens with zero attached hydrogens (tertiary/aromatic N) is 2. The second-order valence-electron chi connectivity index (χ2n) is 8.09. The summed E-state index contributed by atoms with van der Waals surface area (Å²) in [7, 11) is 0. The second kappa shape index (κ2) is 8.76. The Morgan fingerprint density at radius 2 is 1.57 bits per heavy atom. The molecular formula is C28H19F4N3. The Morgan fingerprint density at radius 1 is 0.829 bits per heavy atom. The van der Waals surface area contributed by atoms with Crippen LogP contribution in [0.25, 0.3) is 33.7 Å². The summed E-state index contributed by atoms with van der Waals surface area (Å²) in [5.41, 5.74) is 3.18. The van der Waals surface area contributed by atoms with E-state index in [2.05, 4.69) is 16.9 Å². The third-order valence-corrected chi connectivity index (χ3v) is 5.85. The third-order valence-electron chi connectivity index (χ3n) is 5.85. The highest BCUT2D eigenvalue weighted by atomic mass is 19.2. The molecule has 0 saturated heterocycles. The maximum absolute atomic E-state index is 15.9. The van der Waals surface area contributed by atoms with Crippen LogP contribution in [0.2, 0.25) is 0 Å². The molecule has 0 aliphatic heterocycles. The number of hydrogen-bond acceptors (Lipinski definition) is 2. The first-order valence-corrected chi connectivity index (χ1v) is 10.8. The summed E-state index contributed by atoms with van der Waals surface area (Å²) in [5, 5.41) is 3.02. The van der Waals surface area contributed by atoms with Crippen molar-refractivity contribution >= 4 is 16.9 Å². The average molecular weight is 473 g/mol. The summed E-state index contributed by atoms with van der Waals surface area (Å²) in [6.07, 6.45) is 3.16. The number of halogens is 4. The van der Waals surface area contributed by atoms with Crippen molar-refractivity contribution in [2.24, 2.45) is 0 Å². The third kappa shape index (κ3) is 3.95. The highest BCUT2D eigenvalue weighted by Crippen LogP contribution is 2.35. The topological polar surface area (TPSA) is 29.3 Å². The van der Waals surface area contributed by atoms with Gasteiger partial charge in [-0.3, -0.25) is 4.40 Å². The van der Waals surface area contributed by atoms with Crippen molar-refractivity contribution < 1.29 is 17.6 Å². The van der Waals surface area contributed by atoms with Crippen molar-refractivity contribution in [2.75, 3.05) is 5.32 Å². The van der Waals surface area contributed by atoms with E-state index < -0.39 is 17.5 Å². The van der Waals surface area contributed by atoms with E-state index in [-0.39, 0.29) is 22.8 Å². The predicted molar refractivity (Wildman–Crippen MR) is 130 cm³/mol. The number of fused-ring (bicyclic) bond motifs is 1. The first-order valence-electron chi connectivity index (χ1n) is 10.8. The van der Waals surface area contributed by atoms with Crippen LogP contribution in [0, 0.1) is 30.2 Å². The van der Waals surface area contributed by atoms with Crippen molar-refractivity contribution in [3.63, 3.8) is 0 Å². The fourth-order valence-corrected chi connectivity index (χ4v) is 4.15. The molecule has 3 aromatic carbocycles. The number of pyridine rings is 1. The van der Waals surface area contributed by atoms with E-state index in [0.717, 1.165) is 6.07 Å². The minimum absolute atomic E-state index is 0.00379. The maximum atomic E-state index is 15.9. The summed E-state index contributed by atoms with van der Waals surface area (Å²) >= 11 is 0. The zero-order valence-electron chi connectivity index (χ0n) is 18.6. The molecule has 0 aliphatic rings. The van der Waals surface area contributed by atoms with Gasteiger partial charge in [0.05, 0.1) is 17.3 Å². The van der Waals surface area contributed by atoms with Crippen LogP contribution in [0.3, 0.4) is 0 Å². The van der Waals surface area contributed by atoms with Crippen molar-refractivity contribution in [1.82, 2.24) is 9.38 Å². The molecule has 5 aromatic rings. The van der Waals surface area contributed by atoms with Gasteiger partial charge in [-0.2, -0.15) is 0 Å². The predicted octanol–water partition coefficient (Wildman–Crippen LogP) is 7.62. The van der Waals surface area contributed by atoms with E-state index in [0.29, 0.717) is 33.6 Å². The summed E-state index contributed by atoms with van der Waals surface area (Å²) in [4.78, 5) is 4.29. The summed E-state index contributed by atoms with van der Waals surface area (Å²) < 4.78 is 59.0. The second-order valence-corrected chi connectivity index (χ2v) is 8.09. The lowest BCUT2D eigenvalue weighted by Gasteiger charge is -2.16. The summed E-state index contributed by atoms with van der Waals surface area (Å²) in [6.45, 7) is 5.75. The van der Waals surface area contributed by atoms with Gasteiger partial charge in [0, 0.05) is 34.3 Å². The molecule has 2 heterocycles. The molecule has 0 fully saturated rings. The lowest BCUT2D eigenvalue weighted by molar-refractivity contribution is 0.510. The number of benzene rings is 3. The molecule has 0 atom stereocenters. The first-order chi connectivity index (χ1) is 16.8. The molecular weight excluding hydrogens is 454 g/mol. The standard InChI is InChI=1S/C28H19F4N3/c1-16-8-13-21(27(32)25(16)17(2)34-19-11-9-18(29)10-12-19)20-6-4-14-35-24(20)15-33-28(35)22-5-3-7-23(30)26(22)31/h3-15,34H,2H2,1H3. The molecule has 35 heavy (non-hydrogen) atoms. The van der Waals surface area contributed by atoms with Gasteiger partial charge in [0.1, 0.15) is 17.5 Å². The molecule has 5 rings (SSSR count). The molecule has 3 nitrogen and oxygen atoms in total. The van der Waals surface area contributed by atoms with Crippen LogP contribution in [0.1, 0.15) is 11.1 Å². The Labute approximate surface area is 199 Å². The van der Waals surface area contributed by atoms with E-state index in [4.69, 9.17) is 0 Å². The molecule has 7 heteroatoms. The SMILES string of the molecule is C=C(Nc1ccc(F)cc1)c1c(C)ccc(-c2cccn3c(-c4cccc(F)c4F)ncc23)c1F. The minimum Gasteiger partial charge on any atom is -0.355 e. The Hall–Kier alpha value is -4.39. The number of aryl methyl sites for hydroxylation is 1. The number of aromatic nitrogens is 2. The van der Waals surface area contributed by atoms with Crippen LogP contribution in [0.5, 0.6) is 0 Å². The number of nitrogens with one attached hydrogen (secondary N) is 1. The summed E-state index contributed by atoms with van der Waals surface area (Å²) in [6, 6.07) is 16.4. The van der Waals surface area contributed by atoms with Gasteiger partial charge in [0.25, 0.3) is 0 Å². The molecule has 2 aromatic heterocycles. The minimum atomic E-state index is -1.00. The van der Waals surface area contributed by atoms with E-state index >= 15 is 4.39 Å². The van der Waals surface area contributed by atoms with Crippen molar-refractivity contribution in [2.45, 2.75) is 6.92 Å². The van der Waals surface area contributed by atoms with Gasteiger partial charge in [-0.25, -0.2) is 22.5 Å². The van der Waals surface area contributed by atoms with Crippen molar-refractivity contribution in [3.05, 3.63) is 120 Å². The van der Waals surface area contributed by atoms with Crippen LogP contribution >= 0.6 is 0 Å². The van der Waals surface area contributed by atoms with E-state index in [1.54, 1.807) is 41.8 Å². The van der Waals surface area contributed by atoms with Crippen LogP contribution in [-0.4, -0.2) is 9.38 Å². The number of imidazole rings is 1. The van der Waals surface area contributed by atoms with Crippen molar-refractivity contribution in [1.29, 1.82) is 0 Å². The molecule has 0 amide bonds. The zero-order valence-corrected chi connectivity index (χ0v) is 18.6. The lowest BCUT2D eigenvalue weighted by Crippen LogP contribution is -2.04. The molecule has 1 N–H and O–H groups in total. The summed E-state index contributed by atoms with van der Waals surface area (Å²) in [5.74, 6) is -2.66. The number of anilines is 1. The van der Waals surface area contributed by atoms with Gasteiger partial charge in [0.15, 0.2) is 11.6 Å². The molecule has 0 aliphatic carbocycles. The first kappa shape index (κ1) is 22.4. The Balaban J connectivity index is 1.60. The van der Waals surface area contributed by atoms with E-state index in [1.165, 1.54) is 42.6 Å². The Morgan fingerprint density at radius 3 is 2.34 bits per heavy atom. The van der Waals surface area contributed by atoms with Crippen LogP contribution in [0.4, 0.5) is 23.2 Å². The monoisotopic (exact) mass is 473 g/mol. The molecule has 0 unspecified atom stereocenters. The average Bonchev–Trinajstić information content (AvgIpc) is 3.27. The smallest absolute Gasteiger partial charge is 0.169 e. The normalized spacial score (nSPS) is 11.1. The van der Waals surface area contributed by atoms with Gasteiger partial charge < -0.3 is 5.32 Å². The van der Waals surface area contributed by atoms with E-state index in [1.807, 2.05) is 0 Å². The highest BCUT2D eigenvalue weighted by Gasteiger charge is 2.20. The van der Waals surface area contributed by atoms with E-state index in [9.17, 15) is 13.2 Å². The lowest BCUT2D eigenvalue weighted by atomic mass is 9.97. The largest absolute Gasteiger partial charge is 0.355 e. The fraction of sp³-hybridized carbons (Fsp3) is 0.0357. The molecule has 174 valence electrons. The Bertz CT molecular complexity index is 1590. The van der Waals surface area contributed by atoms with Crippen LogP contribution in [0.15, 0.2) is 85.7 Å². The molecule has 0 bridgehead atoms. The van der Waals surface area contributed by atoms with Gasteiger partial charge in [-0.05, 0) is 55.0 Å². The molecule has 0 spiro atoms. The fourth-order valence-electron chi connectivity index (χ4n) is 4.15.